The highest BCUT2D eigenvalue weighted by atomic mass is 16.5. The number of imidazole rings is 2. The summed E-state index contributed by atoms with van der Waals surface area (Å²) >= 11 is 0. The Kier molecular flexibility index (Phi) is 21.0. The van der Waals surface area contributed by atoms with Crippen LogP contribution in [0.1, 0.15) is 89.8 Å². The van der Waals surface area contributed by atoms with Crippen LogP contribution in [0.3, 0.4) is 0 Å². The molecule has 0 bridgehead atoms. The number of carbonyl (C=O) groups is 3. The highest BCUT2D eigenvalue weighted by molar-refractivity contribution is 5.82. The van der Waals surface area contributed by atoms with E-state index in [-0.39, 0.29) is 43.6 Å². The molecule has 2 aromatic heterocycles. The van der Waals surface area contributed by atoms with Gasteiger partial charge >= 0.3 is 0 Å². The number of aromatic amines is 2. The van der Waals surface area contributed by atoms with Crippen LogP contribution < -0.4 is 11.1 Å². The number of carbonyl (C=O) groups excluding carboxylic acids is 3. The summed E-state index contributed by atoms with van der Waals surface area (Å²) in [6, 6.07) is 16.4. The smallest absolute Gasteiger partial charge is 0.292 e. The standard InChI is InChI=1S/C35H45N7O4.C4H9N.C3H6.C2H4O2/c1-5-7-28(36-3)35(45)42-17-6-8-31(42)34-38-19-30(40-34)27-15-11-25(12-16-27)24-9-13-26(14-10-24)29-18-37-32(39-29)21-41(20-23(2)43)33(44)22-46-4;1-2-3-4-5;1-2-3-1;1-4-2-3/h9-16,18-19,23,28,31,36,43H,5-8,17,20-22H2,1-4H3,(H,37,39)(H,38,40);3-4H,2,5H2,1H3;1-3H2;2H,1H3/b;4-3-;;. The van der Waals surface area contributed by atoms with Crippen molar-refractivity contribution < 1.29 is 29.0 Å². The fourth-order valence-electron chi connectivity index (χ4n) is 6.23. The van der Waals surface area contributed by atoms with Gasteiger partial charge in [0.15, 0.2) is 0 Å². The lowest BCUT2D eigenvalue weighted by atomic mass is 10.0. The number of H-pyrrole nitrogens is 2. The third-order valence-corrected chi connectivity index (χ3v) is 9.29. The zero-order chi connectivity index (χ0) is 42.3. The molecule has 1 saturated carbocycles. The van der Waals surface area contributed by atoms with E-state index in [1.165, 1.54) is 38.4 Å². The van der Waals surface area contributed by atoms with Crippen LogP contribution in [0.5, 0.6) is 0 Å². The molecule has 6 N–H and O–H groups in total. The van der Waals surface area contributed by atoms with Crippen LogP contribution in [0.4, 0.5) is 0 Å². The summed E-state index contributed by atoms with van der Waals surface area (Å²) in [6.45, 7) is 7.32. The van der Waals surface area contributed by atoms with E-state index in [4.69, 9.17) is 20.2 Å². The van der Waals surface area contributed by atoms with E-state index in [2.05, 4.69) is 68.3 Å². The molecule has 58 heavy (non-hydrogen) atoms. The van der Waals surface area contributed by atoms with E-state index in [1.807, 2.05) is 43.3 Å². The first kappa shape index (κ1) is 47.1. The van der Waals surface area contributed by atoms with Gasteiger partial charge in [0.25, 0.3) is 6.47 Å². The average molecular weight is 801 g/mol. The van der Waals surface area contributed by atoms with Crippen molar-refractivity contribution >= 4 is 18.3 Å². The van der Waals surface area contributed by atoms with Crippen LogP contribution in [0.15, 0.2) is 73.2 Å². The molecule has 3 heterocycles. The number of benzene rings is 2. The third-order valence-electron chi connectivity index (χ3n) is 9.29. The summed E-state index contributed by atoms with van der Waals surface area (Å²) < 4.78 is 8.84. The normalized spacial score (nSPS) is 15.2. The maximum absolute atomic E-state index is 13.2. The Balaban J connectivity index is 0.000000653. The number of ether oxygens (including phenoxy) is 2. The van der Waals surface area contributed by atoms with Crippen LogP contribution >= 0.6 is 0 Å². The molecule has 6 rings (SSSR count). The molecule has 1 aliphatic carbocycles. The summed E-state index contributed by atoms with van der Waals surface area (Å²) in [7, 11) is 4.64. The molecule has 1 saturated heterocycles. The number of likely N-dealkylation sites (N-methyl/N-ethyl adjacent to an activating group) is 1. The predicted molar refractivity (Wildman–Crippen MR) is 228 cm³/mol. The van der Waals surface area contributed by atoms with Gasteiger partial charge in [-0.1, -0.05) is 94.1 Å². The molecule has 4 aromatic rings. The maximum Gasteiger partial charge on any atom is 0.292 e. The number of nitrogens with zero attached hydrogens (tertiary/aromatic N) is 4. The highest BCUT2D eigenvalue weighted by Gasteiger charge is 2.34. The number of aliphatic hydroxyl groups excluding tert-OH is 1. The molecule has 2 fully saturated rings. The molecular weight excluding hydrogens is 737 g/mol. The molecule has 2 amide bonds. The Hall–Kier alpha value is -5.31. The molecule has 316 valence electrons. The summed E-state index contributed by atoms with van der Waals surface area (Å²) in [5, 5.41) is 13.0. The number of hydrogen-bond acceptors (Lipinski definition) is 10. The first-order valence-corrected chi connectivity index (χ1v) is 20.2. The molecule has 2 aliphatic rings. The fourth-order valence-corrected chi connectivity index (χ4v) is 6.23. The molecular formula is C44H64N8O6. The third kappa shape index (κ3) is 15.2. The van der Waals surface area contributed by atoms with E-state index in [0.29, 0.717) is 12.3 Å². The quantitative estimate of drug-likeness (QED) is 0.0796. The van der Waals surface area contributed by atoms with Gasteiger partial charge in [0, 0.05) is 20.2 Å². The van der Waals surface area contributed by atoms with E-state index >= 15 is 0 Å². The zero-order valence-electron chi connectivity index (χ0n) is 35.1. The van der Waals surface area contributed by atoms with Gasteiger partial charge in [0.1, 0.15) is 18.3 Å². The lowest BCUT2D eigenvalue weighted by molar-refractivity contribution is -0.137. The summed E-state index contributed by atoms with van der Waals surface area (Å²) in [4.78, 5) is 54.0. The molecule has 3 atom stereocenters. The van der Waals surface area contributed by atoms with Crippen LogP contribution in [0, 0.1) is 0 Å². The summed E-state index contributed by atoms with van der Waals surface area (Å²) in [6.07, 6.45) is 15.6. The van der Waals surface area contributed by atoms with Crippen molar-refractivity contribution in [1.29, 1.82) is 0 Å². The first-order chi connectivity index (χ1) is 28.1. The van der Waals surface area contributed by atoms with E-state index < -0.39 is 6.10 Å². The van der Waals surface area contributed by atoms with Crippen molar-refractivity contribution in [2.75, 3.05) is 41.0 Å². The Labute approximate surface area is 343 Å². The predicted octanol–water partition coefficient (Wildman–Crippen LogP) is 6.37. The van der Waals surface area contributed by atoms with Crippen molar-refractivity contribution in [3.63, 3.8) is 0 Å². The van der Waals surface area contributed by atoms with E-state index in [0.717, 1.165) is 78.1 Å². The molecule has 1 aliphatic heterocycles. The number of aliphatic hydroxyl groups is 1. The number of rotatable bonds is 16. The van der Waals surface area contributed by atoms with Crippen LogP contribution in [-0.4, -0.2) is 106 Å². The van der Waals surface area contributed by atoms with Crippen molar-refractivity contribution in [2.45, 2.75) is 96.9 Å². The van der Waals surface area contributed by atoms with Gasteiger partial charge in [-0.15, -0.1) is 0 Å². The van der Waals surface area contributed by atoms with Crippen LogP contribution in [0.2, 0.25) is 0 Å². The van der Waals surface area contributed by atoms with Crippen LogP contribution in [0.25, 0.3) is 33.6 Å². The van der Waals surface area contributed by atoms with Crippen molar-refractivity contribution in [3.8, 4) is 33.6 Å². The first-order valence-electron chi connectivity index (χ1n) is 20.2. The molecule has 0 spiro atoms. The highest BCUT2D eigenvalue weighted by Crippen LogP contribution is 2.33. The number of amides is 2. The molecule has 2 aromatic carbocycles. The van der Waals surface area contributed by atoms with Crippen LogP contribution in [-0.2, 0) is 30.4 Å². The number of allylic oxidation sites excluding steroid dienone is 1. The zero-order valence-corrected chi connectivity index (χ0v) is 35.1. The van der Waals surface area contributed by atoms with Crippen molar-refractivity contribution in [1.82, 2.24) is 35.1 Å². The second-order valence-electron chi connectivity index (χ2n) is 14.2. The van der Waals surface area contributed by atoms with Gasteiger partial charge in [0.2, 0.25) is 11.8 Å². The Bertz CT molecular complexity index is 1800. The number of nitrogens with one attached hydrogen (secondary N) is 3. The number of likely N-dealkylation sites (tertiary alicyclic amines) is 1. The van der Waals surface area contributed by atoms with Crippen molar-refractivity contribution in [2.24, 2.45) is 5.73 Å². The van der Waals surface area contributed by atoms with Gasteiger partial charge < -0.3 is 45.4 Å². The van der Waals surface area contributed by atoms with Gasteiger partial charge in [0.05, 0.1) is 55.6 Å². The van der Waals surface area contributed by atoms with Gasteiger partial charge in [-0.3, -0.25) is 14.4 Å². The molecule has 14 heteroatoms. The number of methoxy groups -OCH3 is 2. The van der Waals surface area contributed by atoms with Gasteiger partial charge in [-0.2, -0.15) is 0 Å². The van der Waals surface area contributed by atoms with Gasteiger partial charge in [-0.05, 0) is 68.1 Å². The topological polar surface area (TPSA) is 192 Å². The molecule has 14 nitrogen and oxygen atoms in total. The van der Waals surface area contributed by atoms with Gasteiger partial charge in [-0.25, -0.2) is 9.97 Å². The number of aromatic nitrogens is 4. The minimum atomic E-state index is -0.657. The SMILES string of the molecule is C1CC1.CC/C=C\N.CCCC(NC)C(=O)N1CCCC1c1ncc(-c2ccc(-c3ccc(-c4cnc(CN(CC(C)O)C(=O)COC)[nH]4)cc3)cc2)[nH]1.COC=O. The summed E-state index contributed by atoms with van der Waals surface area (Å²) in [5.41, 5.74) is 10.9. The molecule has 0 radical (unpaired) electrons. The fraction of sp³-hybridized carbons (Fsp3) is 0.477. The molecule has 3 unspecified atom stereocenters. The number of hydrogen-bond donors (Lipinski definition) is 5. The maximum atomic E-state index is 13.2. The second kappa shape index (κ2) is 25.8. The second-order valence-corrected chi connectivity index (χ2v) is 14.2. The largest absolute Gasteiger partial charge is 0.471 e. The van der Waals surface area contributed by atoms with E-state index in [1.54, 1.807) is 19.3 Å². The lowest BCUT2D eigenvalue weighted by Crippen LogP contribution is -2.45. The average Bonchev–Trinajstić information content (AvgIpc) is 3.67. The van der Waals surface area contributed by atoms with Crippen molar-refractivity contribution in [3.05, 3.63) is 84.8 Å². The minimum absolute atomic E-state index is 0.0287. The Morgan fingerprint density at radius 3 is 2.00 bits per heavy atom. The monoisotopic (exact) mass is 800 g/mol. The van der Waals surface area contributed by atoms with E-state index in [9.17, 15) is 14.7 Å². The Morgan fingerprint density at radius 2 is 1.53 bits per heavy atom. The minimum Gasteiger partial charge on any atom is -0.471 e. The summed E-state index contributed by atoms with van der Waals surface area (Å²) in [5.74, 6) is 1.42. The number of nitrogens with two attached hydrogens (primary N) is 1. The Morgan fingerprint density at radius 1 is 0.966 bits per heavy atom. The lowest BCUT2D eigenvalue weighted by Gasteiger charge is -2.27.